The predicted octanol–water partition coefficient (Wildman–Crippen LogP) is 2.79. The zero-order chi connectivity index (χ0) is 19.5. The number of ether oxygens (including phenoxy) is 1. The molecule has 1 amide bonds. The van der Waals surface area contributed by atoms with Crippen LogP contribution >= 0.6 is 0 Å². The Hall–Kier alpha value is -3.29. The largest absolute Gasteiger partial charge is 0.473 e. The van der Waals surface area contributed by atoms with Gasteiger partial charge >= 0.3 is 0 Å². The number of carbonyl (C=O) groups is 1. The highest BCUT2D eigenvalue weighted by molar-refractivity contribution is 5.95. The van der Waals surface area contributed by atoms with E-state index in [9.17, 15) is 9.18 Å². The highest BCUT2D eigenvalue weighted by atomic mass is 19.1. The van der Waals surface area contributed by atoms with Crippen molar-refractivity contribution in [2.24, 2.45) is 0 Å². The van der Waals surface area contributed by atoms with Crippen LogP contribution in [-0.2, 0) is 0 Å². The molecule has 144 valence electrons. The quantitative estimate of drug-likeness (QED) is 0.695. The molecule has 1 aliphatic rings. The zero-order valence-corrected chi connectivity index (χ0v) is 15.5. The van der Waals surface area contributed by atoms with Crippen molar-refractivity contribution in [3.63, 3.8) is 0 Å². The third-order valence-corrected chi connectivity index (χ3v) is 4.88. The monoisotopic (exact) mass is 381 g/mol. The Morgan fingerprint density at radius 2 is 1.96 bits per heavy atom. The summed E-state index contributed by atoms with van der Waals surface area (Å²) >= 11 is 0. The van der Waals surface area contributed by atoms with Gasteiger partial charge in [-0.2, -0.15) is 5.10 Å². The normalized spacial score (nSPS) is 14.9. The van der Waals surface area contributed by atoms with E-state index in [1.165, 1.54) is 16.9 Å². The van der Waals surface area contributed by atoms with Crippen LogP contribution in [0.4, 0.5) is 4.39 Å². The minimum atomic E-state index is -0.380. The van der Waals surface area contributed by atoms with Gasteiger partial charge < -0.3 is 9.64 Å². The summed E-state index contributed by atoms with van der Waals surface area (Å²) in [7, 11) is 0. The van der Waals surface area contributed by atoms with Crippen molar-refractivity contribution < 1.29 is 13.9 Å². The van der Waals surface area contributed by atoms with Gasteiger partial charge in [-0.15, -0.1) is 0 Å². The molecule has 0 atom stereocenters. The standard InChI is InChI=1S/C20H20FN5O2/c1-14-16(12-24-26(14)18-5-3-2-4-17(18)21)20(27)25-10-6-15(7-11-25)28-19-13-22-8-9-23-19/h2-5,8-9,12-13,15H,6-7,10-11H2,1H3. The van der Waals surface area contributed by atoms with E-state index in [0.717, 1.165) is 0 Å². The SMILES string of the molecule is Cc1c(C(=O)N2CCC(Oc3cnccn3)CC2)cnn1-c1ccccc1F. The van der Waals surface area contributed by atoms with Crippen molar-refractivity contribution in [1.82, 2.24) is 24.6 Å². The number of benzene rings is 1. The molecule has 0 unspecified atom stereocenters. The highest BCUT2D eigenvalue weighted by Crippen LogP contribution is 2.21. The van der Waals surface area contributed by atoms with Gasteiger partial charge in [-0.3, -0.25) is 9.78 Å². The Kier molecular flexibility index (Phi) is 5.01. The number of hydrogen-bond acceptors (Lipinski definition) is 5. The summed E-state index contributed by atoms with van der Waals surface area (Å²) in [4.78, 5) is 22.8. The summed E-state index contributed by atoms with van der Waals surface area (Å²) in [5, 5.41) is 4.22. The Balaban J connectivity index is 1.43. The lowest BCUT2D eigenvalue weighted by Gasteiger charge is -2.31. The lowest BCUT2D eigenvalue weighted by Crippen LogP contribution is -2.42. The summed E-state index contributed by atoms with van der Waals surface area (Å²) in [6.45, 7) is 2.93. The molecule has 0 aliphatic carbocycles. The molecule has 1 aliphatic heterocycles. The summed E-state index contributed by atoms with van der Waals surface area (Å²) in [6.07, 6.45) is 7.70. The molecule has 0 saturated carbocycles. The minimum absolute atomic E-state index is 0.00276. The molecule has 0 radical (unpaired) electrons. The minimum Gasteiger partial charge on any atom is -0.473 e. The Labute approximate surface area is 161 Å². The molecule has 0 N–H and O–H groups in total. The molecular weight excluding hydrogens is 361 g/mol. The average molecular weight is 381 g/mol. The number of nitrogens with zero attached hydrogens (tertiary/aromatic N) is 5. The van der Waals surface area contributed by atoms with E-state index in [-0.39, 0.29) is 17.8 Å². The van der Waals surface area contributed by atoms with E-state index < -0.39 is 0 Å². The molecular formula is C20H20FN5O2. The summed E-state index contributed by atoms with van der Waals surface area (Å²) in [5.74, 6) is 0.0157. The number of halogens is 1. The average Bonchev–Trinajstić information content (AvgIpc) is 3.10. The molecule has 3 aromatic rings. The second-order valence-corrected chi connectivity index (χ2v) is 6.66. The molecule has 7 nitrogen and oxygen atoms in total. The fraction of sp³-hybridized carbons (Fsp3) is 0.300. The van der Waals surface area contributed by atoms with Crippen molar-refractivity contribution >= 4 is 5.91 Å². The number of piperidine rings is 1. The molecule has 4 rings (SSSR count). The zero-order valence-electron chi connectivity index (χ0n) is 15.5. The second kappa shape index (κ2) is 7.75. The fourth-order valence-electron chi connectivity index (χ4n) is 3.35. The fourth-order valence-corrected chi connectivity index (χ4v) is 3.35. The third-order valence-electron chi connectivity index (χ3n) is 4.88. The van der Waals surface area contributed by atoms with Crippen molar-refractivity contribution in [3.05, 3.63) is 66.1 Å². The Morgan fingerprint density at radius 1 is 1.18 bits per heavy atom. The smallest absolute Gasteiger partial charge is 0.257 e. The van der Waals surface area contributed by atoms with Crippen LogP contribution in [0, 0.1) is 12.7 Å². The molecule has 1 saturated heterocycles. The van der Waals surface area contributed by atoms with Crippen molar-refractivity contribution in [1.29, 1.82) is 0 Å². The molecule has 2 aromatic heterocycles. The van der Waals surface area contributed by atoms with Crippen molar-refractivity contribution in [2.75, 3.05) is 13.1 Å². The number of carbonyl (C=O) groups excluding carboxylic acids is 1. The molecule has 0 bridgehead atoms. The maximum Gasteiger partial charge on any atom is 0.257 e. The van der Waals surface area contributed by atoms with Crippen LogP contribution in [0.3, 0.4) is 0 Å². The lowest BCUT2D eigenvalue weighted by molar-refractivity contribution is 0.0586. The van der Waals surface area contributed by atoms with Crippen molar-refractivity contribution in [2.45, 2.75) is 25.9 Å². The molecule has 1 fully saturated rings. The summed E-state index contributed by atoms with van der Waals surface area (Å²) in [5.41, 5.74) is 1.43. The van der Waals surface area contributed by atoms with Crippen LogP contribution in [0.5, 0.6) is 5.88 Å². The molecule has 28 heavy (non-hydrogen) atoms. The molecule has 3 heterocycles. The van der Waals surface area contributed by atoms with Crippen LogP contribution in [0.15, 0.2) is 49.1 Å². The maximum absolute atomic E-state index is 14.1. The van der Waals surface area contributed by atoms with Gasteiger partial charge in [0.15, 0.2) is 0 Å². The van der Waals surface area contributed by atoms with Gasteiger partial charge in [-0.25, -0.2) is 14.1 Å². The Morgan fingerprint density at radius 3 is 2.68 bits per heavy atom. The predicted molar refractivity (Wildman–Crippen MR) is 99.8 cm³/mol. The van der Waals surface area contributed by atoms with Crippen molar-refractivity contribution in [3.8, 4) is 11.6 Å². The first kappa shape index (κ1) is 18.1. The lowest BCUT2D eigenvalue weighted by atomic mass is 10.1. The molecule has 1 aromatic carbocycles. The maximum atomic E-state index is 14.1. The number of amides is 1. The second-order valence-electron chi connectivity index (χ2n) is 6.66. The number of para-hydroxylation sites is 1. The Bertz CT molecular complexity index is 968. The third kappa shape index (κ3) is 3.58. The van der Waals surface area contributed by atoms with Gasteiger partial charge in [0, 0.05) is 38.3 Å². The van der Waals surface area contributed by atoms with Crippen LogP contribution in [0.1, 0.15) is 28.9 Å². The van der Waals surface area contributed by atoms with E-state index in [0.29, 0.717) is 48.8 Å². The van der Waals surface area contributed by atoms with E-state index in [1.54, 1.807) is 48.6 Å². The van der Waals surface area contributed by atoms with Gasteiger partial charge in [-0.1, -0.05) is 12.1 Å². The van der Waals surface area contributed by atoms with Crippen LogP contribution in [0.2, 0.25) is 0 Å². The summed E-state index contributed by atoms with van der Waals surface area (Å²) < 4.78 is 21.3. The highest BCUT2D eigenvalue weighted by Gasteiger charge is 2.27. The van der Waals surface area contributed by atoms with E-state index in [1.807, 2.05) is 0 Å². The van der Waals surface area contributed by atoms with Crippen LogP contribution in [-0.4, -0.2) is 49.7 Å². The van der Waals surface area contributed by atoms with Gasteiger partial charge in [0.1, 0.15) is 17.6 Å². The number of rotatable bonds is 4. The topological polar surface area (TPSA) is 73.1 Å². The van der Waals surface area contributed by atoms with Gasteiger partial charge in [0.2, 0.25) is 5.88 Å². The number of aromatic nitrogens is 4. The van der Waals surface area contributed by atoms with Gasteiger partial charge in [0.25, 0.3) is 5.91 Å². The first-order chi connectivity index (χ1) is 13.6. The van der Waals surface area contributed by atoms with Gasteiger partial charge in [0.05, 0.1) is 23.7 Å². The number of hydrogen-bond donors (Lipinski definition) is 0. The first-order valence-electron chi connectivity index (χ1n) is 9.15. The van der Waals surface area contributed by atoms with Crippen LogP contribution < -0.4 is 4.74 Å². The van der Waals surface area contributed by atoms with E-state index >= 15 is 0 Å². The van der Waals surface area contributed by atoms with Gasteiger partial charge in [-0.05, 0) is 19.1 Å². The van der Waals surface area contributed by atoms with E-state index in [2.05, 4.69) is 15.1 Å². The molecule has 0 spiro atoms. The molecule has 8 heteroatoms. The summed E-state index contributed by atoms with van der Waals surface area (Å²) in [6, 6.07) is 6.37. The van der Waals surface area contributed by atoms with Crippen LogP contribution in [0.25, 0.3) is 5.69 Å². The van der Waals surface area contributed by atoms with E-state index in [4.69, 9.17) is 4.74 Å². The first-order valence-corrected chi connectivity index (χ1v) is 9.15. The number of likely N-dealkylation sites (tertiary alicyclic amines) is 1.